The second kappa shape index (κ2) is 8.10. The van der Waals surface area contributed by atoms with Crippen LogP contribution in [-0.2, 0) is 0 Å². The van der Waals surface area contributed by atoms with Gasteiger partial charge < -0.3 is 15.5 Å². The van der Waals surface area contributed by atoms with Crippen molar-refractivity contribution < 1.29 is 0 Å². The van der Waals surface area contributed by atoms with Crippen LogP contribution in [0.2, 0.25) is 0 Å². The Morgan fingerprint density at radius 1 is 1.17 bits per heavy atom. The first-order valence-corrected chi connectivity index (χ1v) is 8.54. The minimum Gasteiger partial charge on any atom is -0.356 e. The van der Waals surface area contributed by atoms with Gasteiger partial charge in [0.05, 0.1) is 0 Å². The molecule has 1 aromatic heterocycles. The van der Waals surface area contributed by atoms with Crippen molar-refractivity contribution in [2.45, 2.75) is 12.8 Å². The highest BCUT2D eigenvalue weighted by Crippen LogP contribution is 2.27. The Kier molecular flexibility index (Phi) is 5.63. The van der Waals surface area contributed by atoms with Crippen LogP contribution in [0.25, 0.3) is 0 Å². The zero-order valence-corrected chi connectivity index (χ0v) is 13.9. The van der Waals surface area contributed by atoms with E-state index in [0.717, 1.165) is 63.6 Å². The molecule has 126 valence electrons. The lowest BCUT2D eigenvalue weighted by Gasteiger charge is -2.34. The number of guanidine groups is 1. The largest absolute Gasteiger partial charge is 0.356 e. The van der Waals surface area contributed by atoms with Gasteiger partial charge in [0.15, 0.2) is 5.96 Å². The van der Waals surface area contributed by atoms with Gasteiger partial charge in [0, 0.05) is 65.3 Å². The number of aromatic nitrogens is 2. The fraction of sp³-hybridized carbons (Fsp3) is 0.688. The molecule has 1 aliphatic heterocycles. The molecule has 1 aromatic rings. The Bertz CT molecular complexity index is 492. The molecule has 0 unspecified atom stereocenters. The molecule has 7 nitrogen and oxygen atoms in total. The summed E-state index contributed by atoms with van der Waals surface area (Å²) >= 11 is 0. The van der Waals surface area contributed by atoms with Gasteiger partial charge in [-0.2, -0.15) is 0 Å². The summed E-state index contributed by atoms with van der Waals surface area (Å²) in [7, 11) is 1.83. The Balaban J connectivity index is 1.32. The minimum atomic E-state index is 0.843. The summed E-state index contributed by atoms with van der Waals surface area (Å²) in [5.41, 5.74) is 0. The van der Waals surface area contributed by atoms with Gasteiger partial charge in [-0.05, 0) is 24.8 Å². The van der Waals surface area contributed by atoms with Crippen molar-refractivity contribution in [3.63, 3.8) is 0 Å². The van der Waals surface area contributed by atoms with Gasteiger partial charge in [-0.3, -0.25) is 9.89 Å². The predicted molar refractivity (Wildman–Crippen MR) is 92.8 cm³/mol. The minimum absolute atomic E-state index is 0.843. The van der Waals surface area contributed by atoms with Crippen molar-refractivity contribution in [1.29, 1.82) is 0 Å². The third-order valence-electron chi connectivity index (χ3n) is 4.41. The second-order valence-electron chi connectivity index (χ2n) is 6.20. The molecular formula is C16H27N7. The molecule has 2 aliphatic rings. The van der Waals surface area contributed by atoms with E-state index in [9.17, 15) is 0 Å². The third kappa shape index (κ3) is 5.06. The molecule has 3 rings (SSSR count). The van der Waals surface area contributed by atoms with Crippen LogP contribution in [0.15, 0.2) is 23.5 Å². The normalized spacial score (nSPS) is 19.7. The van der Waals surface area contributed by atoms with E-state index in [0.29, 0.717) is 0 Å². The van der Waals surface area contributed by atoms with Gasteiger partial charge in [0.1, 0.15) is 0 Å². The maximum atomic E-state index is 4.32. The van der Waals surface area contributed by atoms with Crippen molar-refractivity contribution in [2.24, 2.45) is 10.9 Å². The first-order valence-electron chi connectivity index (χ1n) is 8.54. The molecule has 0 atom stereocenters. The van der Waals surface area contributed by atoms with Crippen LogP contribution in [0.5, 0.6) is 0 Å². The SMILES string of the molecule is CN=C(NCCN1CCN(c2ncccn2)CC1)NCC1CC1. The van der Waals surface area contributed by atoms with Gasteiger partial charge in [-0.1, -0.05) is 0 Å². The highest BCUT2D eigenvalue weighted by molar-refractivity contribution is 5.79. The molecule has 2 fully saturated rings. The van der Waals surface area contributed by atoms with E-state index in [-0.39, 0.29) is 0 Å². The first kappa shape index (κ1) is 16.0. The Hall–Kier alpha value is -1.89. The third-order valence-corrected chi connectivity index (χ3v) is 4.41. The van der Waals surface area contributed by atoms with Crippen LogP contribution >= 0.6 is 0 Å². The standard InChI is InChI=1S/C16H27N7/c1-17-15(21-13-14-3-4-14)18-7-8-22-9-11-23(12-10-22)16-19-5-2-6-20-16/h2,5-6,14H,3-4,7-13H2,1H3,(H2,17,18,21). The molecular weight excluding hydrogens is 290 g/mol. The number of aliphatic imine (C=N–C) groups is 1. The summed E-state index contributed by atoms with van der Waals surface area (Å²) in [6, 6.07) is 1.86. The van der Waals surface area contributed by atoms with E-state index in [4.69, 9.17) is 0 Å². The van der Waals surface area contributed by atoms with Gasteiger partial charge >= 0.3 is 0 Å². The average Bonchev–Trinajstić information content (AvgIpc) is 3.44. The summed E-state index contributed by atoms with van der Waals surface area (Å²) in [5.74, 6) is 2.63. The van der Waals surface area contributed by atoms with Crippen LogP contribution in [-0.4, -0.2) is 73.7 Å². The molecule has 0 bridgehead atoms. The number of hydrogen-bond acceptors (Lipinski definition) is 5. The van der Waals surface area contributed by atoms with Crippen LogP contribution < -0.4 is 15.5 Å². The van der Waals surface area contributed by atoms with Crippen molar-refractivity contribution in [1.82, 2.24) is 25.5 Å². The van der Waals surface area contributed by atoms with E-state index in [1.807, 2.05) is 13.1 Å². The maximum absolute atomic E-state index is 4.32. The molecule has 2 N–H and O–H groups in total. The quantitative estimate of drug-likeness (QED) is 0.576. The molecule has 7 heteroatoms. The Morgan fingerprint density at radius 2 is 1.91 bits per heavy atom. The highest BCUT2D eigenvalue weighted by Gasteiger charge is 2.21. The summed E-state index contributed by atoms with van der Waals surface area (Å²) in [6.45, 7) is 7.08. The fourth-order valence-corrected chi connectivity index (χ4v) is 2.74. The smallest absolute Gasteiger partial charge is 0.225 e. The molecule has 0 aromatic carbocycles. The number of nitrogens with one attached hydrogen (secondary N) is 2. The molecule has 0 radical (unpaired) electrons. The molecule has 0 spiro atoms. The van der Waals surface area contributed by atoms with Crippen molar-refractivity contribution in [3.8, 4) is 0 Å². The number of rotatable bonds is 6. The zero-order chi connectivity index (χ0) is 15.9. The van der Waals surface area contributed by atoms with E-state index in [1.54, 1.807) is 12.4 Å². The molecule has 0 amide bonds. The summed E-state index contributed by atoms with van der Waals surface area (Å²) < 4.78 is 0. The van der Waals surface area contributed by atoms with E-state index < -0.39 is 0 Å². The van der Waals surface area contributed by atoms with Crippen molar-refractivity contribution in [3.05, 3.63) is 18.5 Å². The first-order chi connectivity index (χ1) is 11.3. The van der Waals surface area contributed by atoms with Gasteiger partial charge in [0.25, 0.3) is 0 Å². The lowest BCUT2D eigenvalue weighted by Crippen LogP contribution is -2.49. The van der Waals surface area contributed by atoms with E-state index >= 15 is 0 Å². The van der Waals surface area contributed by atoms with Crippen molar-refractivity contribution in [2.75, 3.05) is 57.8 Å². The van der Waals surface area contributed by atoms with Crippen molar-refractivity contribution >= 4 is 11.9 Å². The van der Waals surface area contributed by atoms with Crippen LogP contribution in [0, 0.1) is 5.92 Å². The summed E-state index contributed by atoms with van der Waals surface area (Å²) in [4.78, 5) is 17.6. The van der Waals surface area contributed by atoms with Crippen LogP contribution in [0.3, 0.4) is 0 Å². The Labute approximate surface area is 138 Å². The number of anilines is 1. The molecule has 1 saturated carbocycles. The van der Waals surface area contributed by atoms with Crippen LogP contribution in [0.4, 0.5) is 5.95 Å². The summed E-state index contributed by atoms with van der Waals surface area (Å²) in [5, 5.41) is 6.79. The molecule has 23 heavy (non-hydrogen) atoms. The summed E-state index contributed by atoms with van der Waals surface area (Å²) in [6.07, 6.45) is 6.33. The molecule has 2 heterocycles. The number of hydrogen-bond donors (Lipinski definition) is 2. The number of nitrogens with zero attached hydrogens (tertiary/aromatic N) is 5. The second-order valence-corrected chi connectivity index (χ2v) is 6.20. The van der Waals surface area contributed by atoms with Gasteiger partial charge in [-0.15, -0.1) is 0 Å². The molecule has 1 aliphatic carbocycles. The fourth-order valence-electron chi connectivity index (χ4n) is 2.74. The zero-order valence-electron chi connectivity index (χ0n) is 13.9. The van der Waals surface area contributed by atoms with Crippen LogP contribution in [0.1, 0.15) is 12.8 Å². The topological polar surface area (TPSA) is 68.7 Å². The Morgan fingerprint density at radius 3 is 2.57 bits per heavy atom. The molecule has 1 saturated heterocycles. The average molecular weight is 317 g/mol. The van der Waals surface area contributed by atoms with Gasteiger partial charge in [-0.25, -0.2) is 9.97 Å². The van der Waals surface area contributed by atoms with E-state index in [1.165, 1.54) is 12.8 Å². The lowest BCUT2D eigenvalue weighted by molar-refractivity contribution is 0.260. The van der Waals surface area contributed by atoms with Gasteiger partial charge in [0.2, 0.25) is 5.95 Å². The number of piperazine rings is 1. The highest BCUT2D eigenvalue weighted by atomic mass is 15.3. The maximum Gasteiger partial charge on any atom is 0.225 e. The monoisotopic (exact) mass is 317 g/mol. The lowest BCUT2D eigenvalue weighted by atomic mass is 10.3. The predicted octanol–water partition coefficient (Wildman–Crippen LogP) is 0.174. The van der Waals surface area contributed by atoms with E-state index in [2.05, 4.69) is 35.4 Å².